The molecule has 3 atom stereocenters. The Balaban J connectivity index is 1.99. The fraction of sp³-hybridized carbons (Fsp3) is 0.571. The molecule has 0 spiro atoms. The first-order chi connectivity index (χ1) is 8.86. The summed E-state index contributed by atoms with van der Waals surface area (Å²) in [5.74, 6) is -0.947. The quantitative estimate of drug-likeness (QED) is 0.577. The van der Waals surface area contributed by atoms with Crippen molar-refractivity contribution in [3.05, 3.63) is 23.3 Å². The summed E-state index contributed by atoms with van der Waals surface area (Å²) in [6, 6.07) is 0. The van der Waals surface area contributed by atoms with Crippen molar-refractivity contribution in [1.82, 2.24) is 0 Å². The number of carbonyl (C=O) groups is 2. The van der Waals surface area contributed by atoms with Crippen LogP contribution in [0.25, 0.3) is 0 Å². The van der Waals surface area contributed by atoms with E-state index in [0.717, 1.165) is 5.57 Å². The fourth-order valence-electron chi connectivity index (χ4n) is 2.36. The number of ether oxygens (including phenoxy) is 1. The molecule has 5 nitrogen and oxygen atoms in total. The third kappa shape index (κ3) is 2.62. The second-order valence-corrected chi connectivity index (χ2v) is 5.27. The van der Waals surface area contributed by atoms with Gasteiger partial charge in [-0.3, -0.25) is 9.59 Å². The Morgan fingerprint density at radius 1 is 1.53 bits per heavy atom. The van der Waals surface area contributed by atoms with Crippen LogP contribution in [0.1, 0.15) is 33.1 Å². The Hall–Kier alpha value is -1.46. The summed E-state index contributed by atoms with van der Waals surface area (Å²) in [5, 5.41) is 18.5. The number of aliphatic hydroxyl groups is 1. The maximum absolute atomic E-state index is 12.0. The van der Waals surface area contributed by atoms with E-state index in [2.05, 4.69) is 0 Å². The van der Waals surface area contributed by atoms with Crippen molar-refractivity contribution in [2.24, 2.45) is 0 Å². The van der Waals surface area contributed by atoms with Gasteiger partial charge in [-0.15, -0.1) is 0 Å². The lowest BCUT2D eigenvalue weighted by molar-refractivity contribution is -0.137. The molecule has 104 valence electrons. The minimum Gasteiger partial charge on any atom is -0.481 e. The number of fused-ring (bicyclic) bond motifs is 1. The molecule has 5 heteroatoms. The standard InChI is InChI=1S/C14H18O5/c1-8(3-4-11(16)17)5-6-14-10(15)7-9(2)12(18)13(14)19-14/h5,7,12-13,18H,3-4,6H2,1-2H3,(H,16,17). The van der Waals surface area contributed by atoms with Gasteiger partial charge in [0.1, 0.15) is 12.2 Å². The van der Waals surface area contributed by atoms with Gasteiger partial charge in [0.15, 0.2) is 11.4 Å². The molecule has 2 aliphatic rings. The minimum absolute atomic E-state index is 0.0786. The van der Waals surface area contributed by atoms with Crippen LogP contribution in [-0.2, 0) is 14.3 Å². The first-order valence-corrected chi connectivity index (χ1v) is 6.33. The van der Waals surface area contributed by atoms with Gasteiger partial charge >= 0.3 is 5.97 Å². The first-order valence-electron chi connectivity index (χ1n) is 6.33. The summed E-state index contributed by atoms with van der Waals surface area (Å²) in [5.41, 5.74) is 0.637. The van der Waals surface area contributed by atoms with Gasteiger partial charge in [0.2, 0.25) is 0 Å². The van der Waals surface area contributed by atoms with E-state index in [1.165, 1.54) is 6.08 Å². The predicted molar refractivity (Wildman–Crippen MR) is 67.6 cm³/mol. The van der Waals surface area contributed by atoms with Crippen LogP contribution in [0.3, 0.4) is 0 Å². The molecule has 19 heavy (non-hydrogen) atoms. The lowest BCUT2D eigenvalue weighted by Gasteiger charge is -2.17. The summed E-state index contributed by atoms with van der Waals surface area (Å²) >= 11 is 0. The van der Waals surface area contributed by atoms with E-state index in [-0.39, 0.29) is 12.2 Å². The zero-order valence-corrected chi connectivity index (χ0v) is 11.0. The van der Waals surface area contributed by atoms with Crippen LogP contribution in [0.4, 0.5) is 0 Å². The molecule has 0 aromatic carbocycles. The molecule has 0 bridgehead atoms. The second-order valence-electron chi connectivity index (χ2n) is 5.27. The number of hydrogen-bond donors (Lipinski definition) is 2. The maximum Gasteiger partial charge on any atom is 0.303 e. The van der Waals surface area contributed by atoms with E-state index < -0.39 is 23.8 Å². The van der Waals surface area contributed by atoms with Crippen LogP contribution in [-0.4, -0.2) is 39.8 Å². The molecule has 0 aromatic heterocycles. The highest BCUT2D eigenvalue weighted by molar-refractivity contribution is 6.02. The number of hydrogen-bond acceptors (Lipinski definition) is 4. The molecule has 1 fully saturated rings. The van der Waals surface area contributed by atoms with Gasteiger partial charge < -0.3 is 14.9 Å². The van der Waals surface area contributed by atoms with Crippen molar-refractivity contribution in [1.29, 1.82) is 0 Å². The van der Waals surface area contributed by atoms with Gasteiger partial charge in [-0.1, -0.05) is 11.6 Å². The molecule has 0 radical (unpaired) electrons. The van der Waals surface area contributed by atoms with Crippen molar-refractivity contribution in [3.63, 3.8) is 0 Å². The van der Waals surface area contributed by atoms with Gasteiger partial charge in [0, 0.05) is 12.8 Å². The fourth-order valence-corrected chi connectivity index (χ4v) is 2.36. The summed E-state index contributed by atoms with van der Waals surface area (Å²) < 4.78 is 5.42. The molecular weight excluding hydrogens is 248 g/mol. The number of allylic oxidation sites excluding steroid dienone is 1. The lowest BCUT2D eigenvalue weighted by atomic mass is 9.84. The van der Waals surface area contributed by atoms with E-state index in [4.69, 9.17) is 9.84 Å². The average Bonchev–Trinajstić information content (AvgIpc) is 3.08. The van der Waals surface area contributed by atoms with Gasteiger partial charge in [-0.05, 0) is 31.9 Å². The molecule has 0 aromatic rings. The molecular formula is C14H18O5. The van der Waals surface area contributed by atoms with Crippen molar-refractivity contribution >= 4 is 11.8 Å². The van der Waals surface area contributed by atoms with Crippen LogP contribution < -0.4 is 0 Å². The van der Waals surface area contributed by atoms with Gasteiger partial charge in [0.25, 0.3) is 0 Å². The Morgan fingerprint density at radius 3 is 2.84 bits per heavy atom. The third-order valence-corrected chi connectivity index (χ3v) is 3.76. The molecule has 2 N–H and O–H groups in total. The summed E-state index contributed by atoms with van der Waals surface area (Å²) in [7, 11) is 0. The number of carboxylic acids is 1. The highest BCUT2D eigenvalue weighted by Gasteiger charge is 2.65. The summed E-state index contributed by atoms with van der Waals surface area (Å²) in [4.78, 5) is 22.4. The molecule has 1 saturated heterocycles. The number of epoxide rings is 1. The Kier molecular flexibility index (Phi) is 3.60. The highest BCUT2D eigenvalue weighted by atomic mass is 16.6. The largest absolute Gasteiger partial charge is 0.481 e. The van der Waals surface area contributed by atoms with Crippen molar-refractivity contribution < 1.29 is 24.5 Å². The van der Waals surface area contributed by atoms with Crippen LogP contribution in [0.5, 0.6) is 0 Å². The second kappa shape index (κ2) is 4.90. The van der Waals surface area contributed by atoms with E-state index in [0.29, 0.717) is 18.4 Å². The Labute approximate surface area is 111 Å². The normalized spacial score (nSPS) is 33.7. The van der Waals surface area contributed by atoms with E-state index in [1.807, 2.05) is 13.0 Å². The lowest BCUT2D eigenvalue weighted by Crippen LogP contribution is -2.36. The number of ketones is 1. The van der Waals surface area contributed by atoms with Crippen molar-refractivity contribution in [2.45, 2.75) is 50.9 Å². The maximum atomic E-state index is 12.0. The molecule has 0 amide bonds. The van der Waals surface area contributed by atoms with Gasteiger partial charge in [-0.2, -0.15) is 0 Å². The third-order valence-electron chi connectivity index (χ3n) is 3.76. The molecule has 1 heterocycles. The van der Waals surface area contributed by atoms with Crippen molar-refractivity contribution in [2.75, 3.05) is 0 Å². The molecule has 1 aliphatic carbocycles. The Morgan fingerprint density at radius 2 is 2.21 bits per heavy atom. The minimum atomic E-state index is -0.913. The molecule has 0 saturated carbocycles. The van der Waals surface area contributed by atoms with Gasteiger partial charge in [0.05, 0.1) is 0 Å². The van der Waals surface area contributed by atoms with Crippen LogP contribution in [0, 0.1) is 0 Å². The van der Waals surface area contributed by atoms with E-state index >= 15 is 0 Å². The Bertz CT molecular complexity index is 476. The van der Waals surface area contributed by atoms with E-state index in [1.54, 1.807) is 6.92 Å². The smallest absolute Gasteiger partial charge is 0.303 e. The molecule has 1 aliphatic heterocycles. The van der Waals surface area contributed by atoms with Crippen LogP contribution in [0.15, 0.2) is 23.3 Å². The average molecular weight is 266 g/mol. The zero-order chi connectivity index (χ0) is 14.2. The summed E-state index contributed by atoms with van der Waals surface area (Å²) in [6.07, 6.45) is 3.04. The van der Waals surface area contributed by atoms with Crippen LogP contribution >= 0.6 is 0 Å². The van der Waals surface area contributed by atoms with Crippen LogP contribution in [0.2, 0.25) is 0 Å². The summed E-state index contributed by atoms with van der Waals surface area (Å²) in [6.45, 7) is 3.55. The molecule has 3 unspecified atom stereocenters. The zero-order valence-electron chi connectivity index (χ0n) is 11.0. The number of carbonyl (C=O) groups excluding carboxylic acids is 1. The highest BCUT2D eigenvalue weighted by Crippen LogP contribution is 2.48. The first kappa shape index (κ1) is 14.0. The topological polar surface area (TPSA) is 87.1 Å². The SMILES string of the molecule is CC(=CCC12OC1C(O)C(C)=CC2=O)CCC(=O)O. The number of aliphatic carboxylic acids is 1. The number of aliphatic hydroxyl groups excluding tert-OH is 1. The number of carboxylic acid groups (broad SMARTS) is 1. The number of rotatable bonds is 5. The van der Waals surface area contributed by atoms with Crippen molar-refractivity contribution in [3.8, 4) is 0 Å². The van der Waals surface area contributed by atoms with Gasteiger partial charge in [-0.25, -0.2) is 0 Å². The monoisotopic (exact) mass is 266 g/mol. The van der Waals surface area contributed by atoms with E-state index in [9.17, 15) is 14.7 Å². The molecule has 2 rings (SSSR count). The predicted octanol–water partition coefficient (Wildman–Crippen LogP) is 1.22.